The zero-order chi connectivity index (χ0) is 19.4. The molecule has 0 unspecified atom stereocenters. The van der Waals surface area contributed by atoms with Crippen LogP contribution in [0.4, 0.5) is 0 Å². The van der Waals surface area contributed by atoms with Crippen LogP contribution < -0.4 is 0 Å². The zero-order valence-electron chi connectivity index (χ0n) is 15.0. The highest BCUT2D eigenvalue weighted by molar-refractivity contribution is 6.21. The van der Waals surface area contributed by atoms with Crippen molar-refractivity contribution in [2.75, 3.05) is 0 Å². The fraction of sp³-hybridized carbons (Fsp3) is 0.350. The van der Waals surface area contributed by atoms with Crippen LogP contribution in [0.15, 0.2) is 24.0 Å². The van der Waals surface area contributed by atoms with Crippen LogP contribution in [-0.4, -0.2) is 27.7 Å². The summed E-state index contributed by atoms with van der Waals surface area (Å²) in [5.74, 6) is -2.96. The third-order valence-corrected chi connectivity index (χ3v) is 5.29. The van der Waals surface area contributed by atoms with Gasteiger partial charge in [0.25, 0.3) is 0 Å². The molecule has 26 heavy (non-hydrogen) atoms. The molecule has 2 aliphatic rings. The maximum Gasteiger partial charge on any atom is 0.330 e. The minimum atomic E-state index is -1.80. The van der Waals surface area contributed by atoms with Gasteiger partial charge in [0.1, 0.15) is 17.3 Å². The summed E-state index contributed by atoms with van der Waals surface area (Å²) in [6.07, 6.45) is 4.40. The van der Waals surface area contributed by atoms with Gasteiger partial charge in [-0.15, -0.1) is 0 Å². The number of ether oxygens (including phenoxy) is 1. The zero-order valence-corrected chi connectivity index (χ0v) is 15.0. The number of hydrogen-bond donors (Lipinski definition) is 2. The molecule has 1 aromatic rings. The summed E-state index contributed by atoms with van der Waals surface area (Å²) in [6.45, 7) is 6.23. The van der Waals surface area contributed by atoms with Gasteiger partial charge in [0.2, 0.25) is 0 Å². The lowest BCUT2D eigenvalue weighted by Gasteiger charge is -2.42. The van der Waals surface area contributed by atoms with E-state index in [1.165, 1.54) is 26.8 Å². The van der Waals surface area contributed by atoms with Gasteiger partial charge in [-0.2, -0.15) is 0 Å². The van der Waals surface area contributed by atoms with Crippen molar-refractivity contribution in [2.24, 2.45) is 5.92 Å². The topological polar surface area (TPSA) is 101 Å². The SMILES string of the molecule is C/C=C/[C@@H]1CC(=O)c2c(O)c(C)c(O)c(C)c2[C@]12C(=O)C=C(C)OC2=O. The predicted octanol–water partition coefficient (Wildman–Crippen LogP) is 2.76. The molecule has 0 radical (unpaired) electrons. The normalized spacial score (nSPS) is 25.5. The van der Waals surface area contributed by atoms with Crippen LogP contribution in [0.3, 0.4) is 0 Å². The van der Waals surface area contributed by atoms with Gasteiger partial charge in [0.05, 0.1) is 5.56 Å². The molecule has 2 N–H and O–H groups in total. The van der Waals surface area contributed by atoms with Gasteiger partial charge in [0, 0.05) is 24.0 Å². The standard InChI is InChI=1S/C20H20O6/c1-5-6-12-8-13(21)15-16(10(3)17(23)11(4)18(15)24)20(12)14(22)7-9(2)26-19(20)25/h5-7,12,23-24H,8H2,1-4H3/b6-5+/t12-,20-/m1/s1. The summed E-state index contributed by atoms with van der Waals surface area (Å²) in [4.78, 5) is 38.9. The molecule has 6 nitrogen and oxygen atoms in total. The predicted molar refractivity (Wildman–Crippen MR) is 93.0 cm³/mol. The Kier molecular flexibility index (Phi) is 4.02. The first kappa shape index (κ1) is 17.9. The molecule has 1 spiro atoms. The number of aromatic hydroxyl groups is 2. The number of phenols is 2. The molecule has 6 heteroatoms. The van der Waals surface area contributed by atoms with Crippen LogP contribution in [0.5, 0.6) is 11.5 Å². The van der Waals surface area contributed by atoms with E-state index in [0.29, 0.717) is 0 Å². The van der Waals surface area contributed by atoms with Gasteiger partial charge in [-0.25, -0.2) is 0 Å². The largest absolute Gasteiger partial charge is 0.507 e. The van der Waals surface area contributed by atoms with Gasteiger partial charge in [-0.05, 0) is 38.8 Å². The molecule has 1 aromatic carbocycles. The summed E-state index contributed by atoms with van der Waals surface area (Å²) in [7, 11) is 0. The van der Waals surface area contributed by atoms with Crippen molar-refractivity contribution in [2.45, 2.75) is 39.5 Å². The number of hydrogen-bond acceptors (Lipinski definition) is 6. The molecule has 0 saturated heterocycles. The molecule has 1 aliphatic heterocycles. The maximum absolute atomic E-state index is 13.1. The Balaban J connectivity index is 2.51. The summed E-state index contributed by atoms with van der Waals surface area (Å²) in [5, 5.41) is 20.9. The van der Waals surface area contributed by atoms with Crippen molar-refractivity contribution in [1.82, 2.24) is 0 Å². The fourth-order valence-electron chi connectivity index (χ4n) is 4.07. The first-order valence-corrected chi connectivity index (χ1v) is 8.34. The minimum Gasteiger partial charge on any atom is -0.507 e. The van der Waals surface area contributed by atoms with E-state index in [0.717, 1.165) is 0 Å². The Hall–Kier alpha value is -2.89. The molecule has 136 valence electrons. The first-order valence-electron chi connectivity index (χ1n) is 8.34. The number of allylic oxidation sites excluding steroid dienone is 4. The Morgan fingerprint density at radius 1 is 1.12 bits per heavy atom. The van der Waals surface area contributed by atoms with Crippen LogP contribution in [0.2, 0.25) is 0 Å². The highest BCUT2D eigenvalue weighted by Crippen LogP contribution is 2.52. The second-order valence-corrected chi connectivity index (χ2v) is 6.77. The van der Waals surface area contributed by atoms with Crippen molar-refractivity contribution < 1.29 is 29.3 Å². The van der Waals surface area contributed by atoms with E-state index < -0.39 is 28.8 Å². The highest BCUT2D eigenvalue weighted by atomic mass is 16.5. The van der Waals surface area contributed by atoms with Crippen LogP contribution in [-0.2, 0) is 19.7 Å². The highest BCUT2D eigenvalue weighted by Gasteiger charge is 2.60. The van der Waals surface area contributed by atoms with Crippen molar-refractivity contribution in [1.29, 1.82) is 0 Å². The number of phenolic OH excluding ortho intramolecular Hbond substituents is 2. The van der Waals surface area contributed by atoms with Crippen LogP contribution in [0.25, 0.3) is 0 Å². The Labute approximate surface area is 150 Å². The molecule has 0 amide bonds. The molecule has 0 bridgehead atoms. The molecule has 1 aliphatic carbocycles. The molecule has 2 atom stereocenters. The second kappa shape index (κ2) is 5.83. The third-order valence-electron chi connectivity index (χ3n) is 5.29. The van der Waals surface area contributed by atoms with Crippen molar-refractivity contribution in [3.63, 3.8) is 0 Å². The van der Waals surface area contributed by atoms with Gasteiger partial charge in [-0.1, -0.05) is 12.2 Å². The molecular weight excluding hydrogens is 336 g/mol. The summed E-state index contributed by atoms with van der Waals surface area (Å²) in [5.41, 5.74) is -1.50. The summed E-state index contributed by atoms with van der Waals surface area (Å²) < 4.78 is 5.28. The number of carbonyl (C=O) groups excluding carboxylic acids is 3. The van der Waals surface area contributed by atoms with Gasteiger partial charge in [0.15, 0.2) is 17.0 Å². The van der Waals surface area contributed by atoms with Crippen LogP contribution >= 0.6 is 0 Å². The van der Waals surface area contributed by atoms with E-state index >= 15 is 0 Å². The maximum atomic E-state index is 13.1. The molecular formula is C20H20O6. The first-order chi connectivity index (χ1) is 12.2. The number of rotatable bonds is 1. The van der Waals surface area contributed by atoms with Crippen molar-refractivity contribution in [3.05, 3.63) is 46.2 Å². The Bertz CT molecular complexity index is 921. The minimum absolute atomic E-state index is 0.0381. The van der Waals surface area contributed by atoms with Gasteiger partial charge >= 0.3 is 5.97 Å². The molecule has 3 rings (SSSR count). The number of fused-ring (bicyclic) bond motifs is 2. The van der Waals surface area contributed by atoms with E-state index in [9.17, 15) is 24.6 Å². The number of cyclic esters (lactones) is 1. The number of ketones is 2. The number of esters is 1. The van der Waals surface area contributed by atoms with Crippen LogP contribution in [0.1, 0.15) is 47.3 Å². The monoisotopic (exact) mass is 356 g/mol. The van der Waals surface area contributed by atoms with Gasteiger partial charge < -0.3 is 14.9 Å². The van der Waals surface area contributed by atoms with E-state index in [1.54, 1.807) is 19.1 Å². The summed E-state index contributed by atoms with van der Waals surface area (Å²) >= 11 is 0. The second-order valence-electron chi connectivity index (χ2n) is 6.77. The lowest BCUT2D eigenvalue weighted by atomic mass is 9.58. The molecule has 1 heterocycles. The van der Waals surface area contributed by atoms with E-state index in [1.807, 2.05) is 0 Å². The van der Waals surface area contributed by atoms with Crippen molar-refractivity contribution in [3.8, 4) is 11.5 Å². The number of benzene rings is 1. The Morgan fingerprint density at radius 2 is 1.77 bits per heavy atom. The quantitative estimate of drug-likeness (QED) is 0.456. The van der Waals surface area contributed by atoms with Gasteiger partial charge in [-0.3, -0.25) is 14.4 Å². The van der Waals surface area contributed by atoms with E-state index in [-0.39, 0.29) is 46.0 Å². The Morgan fingerprint density at radius 3 is 2.35 bits per heavy atom. The number of carbonyl (C=O) groups is 3. The van der Waals surface area contributed by atoms with E-state index in [2.05, 4.69) is 0 Å². The molecule has 0 aromatic heterocycles. The van der Waals surface area contributed by atoms with E-state index in [4.69, 9.17) is 4.74 Å². The van der Waals surface area contributed by atoms with Crippen LogP contribution in [0, 0.1) is 19.8 Å². The fourth-order valence-corrected chi connectivity index (χ4v) is 4.07. The van der Waals surface area contributed by atoms with Crippen molar-refractivity contribution >= 4 is 17.5 Å². The molecule has 0 fully saturated rings. The lowest BCUT2D eigenvalue weighted by molar-refractivity contribution is -0.154. The average molecular weight is 356 g/mol. The summed E-state index contributed by atoms with van der Waals surface area (Å²) in [6, 6.07) is 0. The number of Topliss-reactive ketones (excluding diaryl/α,β-unsaturated/α-hetero) is 1. The molecule has 0 saturated carbocycles. The smallest absolute Gasteiger partial charge is 0.330 e. The average Bonchev–Trinajstić information content (AvgIpc) is 2.56. The lowest BCUT2D eigenvalue weighted by Crippen LogP contribution is -2.55. The third kappa shape index (κ3) is 2.08.